The second-order valence-corrected chi connectivity index (χ2v) is 8.04. The maximum Gasteiger partial charge on any atom is 0.0845 e. The van der Waals surface area contributed by atoms with E-state index in [1.165, 1.54) is 25.7 Å². The van der Waals surface area contributed by atoms with Gasteiger partial charge in [0, 0.05) is 12.6 Å². The second-order valence-electron chi connectivity index (χ2n) is 8.04. The Bertz CT molecular complexity index is 269. The summed E-state index contributed by atoms with van der Waals surface area (Å²) in [5, 5.41) is 3.70. The summed E-state index contributed by atoms with van der Waals surface area (Å²) < 4.78 is 6.15. The van der Waals surface area contributed by atoms with Crippen LogP contribution in [0.4, 0.5) is 0 Å². The summed E-state index contributed by atoms with van der Waals surface area (Å²) in [5.74, 6) is 0. The lowest BCUT2D eigenvalue weighted by Gasteiger charge is -2.58. The maximum atomic E-state index is 6.15. The van der Waals surface area contributed by atoms with E-state index >= 15 is 0 Å². The standard InChI is InChI=1S/C15H29NO/c1-13(2,3)7-6-12-15(17-9-8-16-12)10-14(4,5)11-15/h12,16H,6-11H2,1-5H3. The summed E-state index contributed by atoms with van der Waals surface area (Å²) in [7, 11) is 0. The van der Waals surface area contributed by atoms with Gasteiger partial charge in [-0.2, -0.15) is 0 Å². The van der Waals surface area contributed by atoms with Gasteiger partial charge in [0.25, 0.3) is 0 Å². The van der Waals surface area contributed by atoms with Gasteiger partial charge in [0.05, 0.1) is 12.2 Å². The molecule has 1 saturated heterocycles. The third-order valence-electron chi connectivity index (χ3n) is 4.26. The van der Waals surface area contributed by atoms with Crippen molar-refractivity contribution in [1.82, 2.24) is 5.32 Å². The van der Waals surface area contributed by atoms with Crippen LogP contribution in [0.15, 0.2) is 0 Å². The van der Waals surface area contributed by atoms with Crippen LogP contribution >= 0.6 is 0 Å². The predicted molar refractivity (Wildman–Crippen MR) is 72.2 cm³/mol. The van der Waals surface area contributed by atoms with Crippen LogP contribution in [-0.2, 0) is 4.74 Å². The lowest BCUT2D eigenvalue weighted by atomic mass is 9.57. The van der Waals surface area contributed by atoms with Crippen LogP contribution in [0, 0.1) is 10.8 Å². The van der Waals surface area contributed by atoms with Gasteiger partial charge in [-0.05, 0) is 36.5 Å². The molecule has 0 aromatic carbocycles. The smallest absolute Gasteiger partial charge is 0.0845 e. The Hall–Kier alpha value is -0.0800. The van der Waals surface area contributed by atoms with E-state index in [0.29, 0.717) is 16.9 Å². The van der Waals surface area contributed by atoms with Crippen molar-refractivity contribution in [2.45, 2.75) is 71.9 Å². The molecule has 1 unspecified atom stereocenters. The minimum Gasteiger partial charge on any atom is -0.372 e. The Kier molecular flexibility index (Phi) is 3.33. The maximum absolute atomic E-state index is 6.15. The van der Waals surface area contributed by atoms with Crippen LogP contribution in [0.3, 0.4) is 0 Å². The van der Waals surface area contributed by atoms with Gasteiger partial charge in [-0.1, -0.05) is 34.6 Å². The van der Waals surface area contributed by atoms with Gasteiger partial charge in [0.1, 0.15) is 0 Å². The Labute approximate surface area is 107 Å². The normalized spacial score (nSPS) is 31.2. The van der Waals surface area contributed by atoms with Gasteiger partial charge >= 0.3 is 0 Å². The molecule has 1 aliphatic carbocycles. The molecule has 2 fully saturated rings. The highest BCUT2D eigenvalue weighted by Crippen LogP contribution is 2.53. The topological polar surface area (TPSA) is 21.3 Å². The predicted octanol–water partition coefficient (Wildman–Crippen LogP) is 3.36. The van der Waals surface area contributed by atoms with Crippen molar-refractivity contribution in [2.24, 2.45) is 10.8 Å². The first-order valence-electron chi connectivity index (χ1n) is 7.10. The first-order chi connectivity index (χ1) is 7.73. The van der Waals surface area contributed by atoms with Crippen molar-refractivity contribution in [1.29, 1.82) is 0 Å². The van der Waals surface area contributed by atoms with Gasteiger partial charge in [0.15, 0.2) is 0 Å². The molecule has 0 bridgehead atoms. The van der Waals surface area contributed by atoms with Crippen molar-refractivity contribution in [3.05, 3.63) is 0 Å². The van der Waals surface area contributed by atoms with Gasteiger partial charge in [-0.15, -0.1) is 0 Å². The second kappa shape index (κ2) is 4.24. The molecule has 1 saturated carbocycles. The zero-order chi connectivity index (χ0) is 12.7. The fourth-order valence-corrected chi connectivity index (χ4v) is 3.63. The fourth-order valence-electron chi connectivity index (χ4n) is 3.63. The summed E-state index contributed by atoms with van der Waals surface area (Å²) in [6.07, 6.45) is 4.97. The molecule has 0 radical (unpaired) electrons. The minimum atomic E-state index is 0.160. The summed E-state index contributed by atoms with van der Waals surface area (Å²) in [5.41, 5.74) is 1.07. The van der Waals surface area contributed by atoms with Crippen molar-refractivity contribution in [3.8, 4) is 0 Å². The highest BCUT2D eigenvalue weighted by molar-refractivity contribution is 5.09. The van der Waals surface area contributed by atoms with Gasteiger partial charge < -0.3 is 10.1 Å². The Morgan fingerprint density at radius 2 is 1.88 bits per heavy atom. The SMILES string of the molecule is CC(C)(C)CCC1NCCOC12CC(C)(C)C2. The van der Waals surface area contributed by atoms with Crippen molar-refractivity contribution >= 4 is 0 Å². The average molecular weight is 239 g/mol. The number of nitrogens with one attached hydrogen (secondary N) is 1. The van der Waals surface area contributed by atoms with E-state index in [1.807, 2.05) is 0 Å². The molecule has 2 nitrogen and oxygen atoms in total. The number of ether oxygens (including phenoxy) is 1. The highest BCUT2D eigenvalue weighted by atomic mass is 16.5. The fraction of sp³-hybridized carbons (Fsp3) is 1.00. The monoisotopic (exact) mass is 239 g/mol. The number of morpholine rings is 1. The first kappa shape index (κ1) is 13.4. The number of hydrogen-bond donors (Lipinski definition) is 1. The molecule has 0 aromatic rings. The Morgan fingerprint density at radius 1 is 1.24 bits per heavy atom. The minimum absolute atomic E-state index is 0.160. The van der Waals surface area contributed by atoms with Crippen LogP contribution < -0.4 is 5.32 Å². The van der Waals surface area contributed by atoms with Crippen molar-refractivity contribution < 1.29 is 4.74 Å². The van der Waals surface area contributed by atoms with E-state index in [4.69, 9.17) is 4.74 Å². The summed E-state index contributed by atoms with van der Waals surface area (Å²) in [6.45, 7) is 13.6. The molecule has 100 valence electrons. The molecular formula is C15H29NO. The first-order valence-corrected chi connectivity index (χ1v) is 7.10. The van der Waals surface area contributed by atoms with E-state index in [2.05, 4.69) is 39.9 Å². The quantitative estimate of drug-likeness (QED) is 0.798. The number of hydrogen-bond acceptors (Lipinski definition) is 2. The van der Waals surface area contributed by atoms with Crippen LogP contribution in [0.2, 0.25) is 0 Å². The van der Waals surface area contributed by atoms with E-state index in [-0.39, 0.29) is 5.60 Å². The molecule has 2 heteroatoms. The van der Waals surface area contributed by atoms with E-state index in [1.54, 1.807) is 0 Å². The van der Waals surface area contributed by atoms with Crippen molar-refractivity contribution in [3.63, 3.8) is 0 Å². The van der Waals surface area contributed by atoms with E-state index < -0.39 is 0 Å². The van der Waals surface area contributed by atoms with Gasteiger partial charge in [0.2, 0.25) is 0 Å². The molecule has 2 rings (SSSR count). The molecule has 1 heterocycles. The highest BCUT2D eigenvalue weighted by Gasteiger charge is 2.55. The van der Waals surface area contributed by atoms with Crippen LogP contribution in [0.1, 0.15) is 60.3 Å². The Morgan fingerprint density at radius 3 is 2.41 bits per heavy atom. The summed E-state index contributed by atoms with van der Waals surface area (Å²) in [6, 6.07) is 0.573. The third-order valence-corrected chi connectivity index (χ3v) is 4.26. The molecule has 0 aromatic heterocycles. The third kappa shape index (κ3) is 3.03. The molecule has 1 N–H and O–H groups in total. The van der Waals surface area contributed by atoms with Crippen molar-refractivity contribution in [2.75, 3.05) is 13.2 Å². The lowest BCUT2D eigenvalue weighted by Crippen LogP contribution is -2.66. The summed E-state index contributed by atoms with van der Waals surface area (Å²) >= 11 is 0. The molecule has 0 amide bonds. The van der Waals surface area contributed by atoms with Crippen LogP contribution in [0.5, 0.6) is 0 Å². The zero-order valence-corrected chi connectivity index (χ0v) is 12.2. The lowest BCUT2D eigenvalue weighted by molar-refractivity contribution is -0.195. The number of rotatable bonds is 2. The zero-order valence-electron chi connectivity index (χ0n) is 12.2. The molecule has 2 aliphatic rings. The molecular weight excluding hydrogens is 210 g/mol. The largest absolute Gasteiger partial charge is 0.372 e. The average Bonchev–Trinajstić information content (AvgIpc) is 2.12. The van der Waals surface area contributed by atoms with Crippen LogP contribution in [-0.4, -0.2) is 24.8 Å². The van der Waals surface area contributed by atoms with Gasteiger partial charge in [-0.3, -0.25) is 0 Å². The molecule has 1 aliphatic heterocycles. The molecule has 1 spiro atoms. The van der Waals surface area contributed by atoms with Gasteiger partial charge in [-0.25, -0.2) is 0 Å². The molecule has 1 atom stereocenters. The summed E-state index contributed by atoms with van der Waals surface area (Å²) in [4.78, 5) is 0. The Balaban J connectivity index is 1.95. The van der Waals surface area contributed by atoms with E-state index in [9.17, 15) is 0 Å². The van der Waals surface area contributed by atoms with Crippen LogP contribution in [0.25, 0.3) is 0 Å². The molecule has 17 heavy (non-hydrogen) atoms. The van der Waals surface area contributed by atoms with E-state index in [0.717, 1.165) is 13.2 Å².